The lowest BCUT2D eigenvalue weighted by Gasteiger charge is -2.38. The molecule has 2 aromatic carbocycles. The van der Waals surface area contributed by atoms with Crippen molar-refractivity contribution in [2.75, 3.05) is 0 Å². The van der Waals surface area contributed by atoms with Gasteiger partial charge in [0.15, 0.2) is 0 Å². The minimum atomic E-state index is -1.51. The quantitative estimate of drug-likeness (QED) is 0.669. The highest BCUT2D eigenvalue weighted by Gasteiger charge is 2.42. The van der Waals surface area contributed by atoms with Gasteiger partial charge in [-0.15, -0.1) is 0 Å². The minimum Gasteiger partial charge on any atom is -0.456 e. The monoisotopic (exact) mass is 332 g/mol. The van der Waals surface area contributed by atoms with E-state index in [2.05, 4.69) is 12.1 Å². The molecule has 4 atom stereocenters. The van der Waals surface area contributed by atoms with Crippen LogP contribution in [-0.2, 0) is 0 Å². The molecular weight excluding hydrogens is 311 g/mol. The molecule has 4 heteroatoms. The van der Waals surface area contributed by atoms with E-state index in [1.165, 1.54) is 37.7 Å². The highest BCUT2D eigenvalue weighted by atomic mass is 16.4. The van der Waals surface area contributed by atoms with Crippen molar-refractivity contribution in [3.8, 4) is 0 Å². The Morgan fingerprint density at radius 3 is 2.20 bits per heavy atom. The second-order valence-corrected chi connectivity index (χ2v) is 8.48. The molecular formula is C21H21BO3. The van der Waals surface area contributed by atoms with Gasteiger partial charge in [-0.25, -0.2) is 0 Å². The average Bonchev–Trinajstić information content (AvgIpc) is 2.88. The van der Waals surface area contributed by atoms with Crippen LogP contribution in [0.3, 0.4) is 0 Å². The van der Waals surface area contributed by atoms with E-state index in [0.29, 0.717) is 22.9 Å². The zero-order chi connectivity index (χ0) is 16.7. The van der Waals surface area contributed by atoms with Gasteiger partial charge in [-0.2, -0.15) is 0 Å². The third-order valence-electron chi connectivity index (χ3n) is 7.03. The molecule has 7 rings (SSSR count). The normalized spacial score (nSPS) is 30.0. The van der Waals surface area contributed by atoms with Gasteiger partial charge in [0.2, 0.25) is 0 Å². The van der Waals surface area contributed by atoms with Gasteiger partial charge in [0.05, 0.1) is 0 Å². The molecule has 3 aromatic rings. The molecule has 0 amide bonds. The number of rotatable bonds is 1. The van der Waals surface area contributed by atoms with Crippen molar-refractivity contribution in [2.24, 2.45) is 11.8 Å². The van der Waals surface area contributed by atoms with Gasteiger partial charge in [-0.1, -0.05) is 18.2 Å². The van der Waals surface area contributed by atoms with Crippen molar-refractivity contribution in [3.05, 3.63) is 41.5 Å². The van der Waals surface area contributed by atoms with Gasteiger partial charge in [0.25, 0.3) is 0 Å². The molecule has 126 valence electrons. The fraction of sp³-hybridized carbons (Fsp3) is 0.429. The van der Waals surface area contributed by atoms with E-state index >= 15 is 0 Å². The summed E-state index contributed by atoms with van der Waals surface area (Å²) >= 11 is 0. The summed E-state index contributed by atoms with van der Waals surface area (Å²) in [6.45, 7) is 0. The number of furan rings is 1. The van der Waals surface area contributed by atoms with Gasteiger partial charge < -0.3 is 14.5 Å². The zero-order valence-electron chi connectivity index (χ0n) is 14.1. The molecule has 2 fully saturated rings. The molecule has 4 bridgehead atoms. The van der Waals surface area contributed by atoms with Crippen molar-refractivity contribution in [1.82, 2.24) is 0 Å². The molecule has 0 radical (unpaired) electrons. The molecule has 0 spiro atoms. The summed E-state index contributed by atoms with van der Waals surface area (Å²) in [6, 6.07) is 10.3. The highest BCUT2D eigenvalue weighted by molar-refractivity contribution is 6.61. The van der Waals surface area contributed by atoms with Crippen molar-refractivity contribution in [3.63, 3.8) is 0 Å². The summed E-state index contributed by atoms with van der Waals surface area (Å²) in [5.74, 6) is 3.21. The molecule has 25 heavy (non-hydrogen) atoms. The maximum absolute atomic E-state index is 9.66. The summed E-state index contributed by atoms with van der Waals surface area (Å²) in [7, 11) is -1.51. The highest BCUT2D eigenvalue weighted by Crippen LogP contribution is 2.56. The van der Waals surface area contributed by atoms with E-state index in [4.69, 9.17) is 4.42 Å². The zero-order valence-corrected chi connectivity index (χ0v) is 14.1. The number of hydrogen-bond acceptors (Lipinski definition) is 3. The van der Waals surface area contributed by atoms with E-state index in [-0.39, 0.29) is 0 Å². The van der Waals surface area contributed by atoms with Crippen LogP contribution in [0.15, 0.2) is 34.7 Å². The minimum absolute atomic E-state index is 0.449. The van der Waals surface area contributed by atoms with Crippen LogP contribution in [-0.4, -0.2) is 17.2 Å². The predicted octanol–water partition coefficient (Wildman–Crippen LogP) is 3.66. The predicted molar refractivity (Wildman–Crippen MR) is 99.1 cm³/mol. The molecule has 2 saturated carbocycles. The third-order valence-corrected chi connectivity index (χ3v) is 7.03. The summed E-state index contributed by atoms with van der Waals surface area (Å²) < 4.78 is 6.12. The molecule has 1 aromatic heterocycles. The van der Waals surface area contributed by atoms with Crippen LogP contribution in [0.2, 0.25) is 0 Å². The Labute approximate surface area is 146 Å². The number of para-hydroxylation sites is 1. The van der Waals surface area contributed by atoms with E-state index in [1.54, 1.807) is 11.6 Å². The van der Waals surface area contributed by atoms with Crippen molar-refractivity contribution >= 4 is 34.5 Å². The lowest BCUT2D eigenvalue weighted by atomic mass is 9.67. The maximum Gasteiger partial charge on any atom is 0.492 e. The second kappa shape index (κ2) is 4.90. The van der Waals surface area contributed by atoms with Gasteiger partial charge >= 0.3 is 7.12 Å². The van der Waals surface area contributed by atoms with E-state index in [0.717, 1.165) is 28.2 Å². The average molecular weight is 332 g/mol. The first kappa shape index (κ1) is 14.4. The Kier molecular flexibility index (Phi) is 2.82. The van der Waals surface area contributed by atoms with Gasteiger partial charge in [0.1, 0.15) is 11.2 Å². The fourth-order valence-corrected chi connectivity index (χ4v) is 6.17. The van der Waals surface area contributed by atoms with Crippen LogP contribution in [0.1, 0.15) is 55.1 Å². The Morgan fingerprint density at radius 2 is 1.52 bits per heavy atom. The van der Waals surface area contributed by atoms with E-state index < -0.39 is 7.12 Å². The topological polar surface area (TPSA) is 53.6 Å². The molecule has 4 aliphatic carbocycles. The molecule has 3 unspecified atom stereocenters. The Morgan fingerprint density at radius 1 is 0.840 bits per heavy atom. The van der Waals surface area contributed by atoms with Gasteiger partial charge in [-0.3, -0.25) is 0 Å². The SMILES string of the molecule is OB(O)c1cccc2c1oc1cc3c(cc12)C1CC2CC3C[C@H](C2)C1. The lowest BCUT2D eigenvalue weighted by Crippen LogP contribution is -2.29. The smallest absolute Gasteiger partial charge is 0.456 e. The first-order valence-corrected chi connectivity index (χ1v) is 9.52. The molecule has 0 aliphatic heterocycles. The molecule has 4 aliphatic rings. The van der Waals surface area contributed by atoms with E-state index in [9.17, 15) is 10.0 Å². The van der Waals surface area contributed by atoms with Crippen molar-refractivity contribution in [2.45, 2.75) is 43.9 Å². The summed E-state index contributed by atoms with van der Waals surface area (Å²) in [5.41, 5.74) is 5.00. The second-order valence-electron chi connectivity index (χ2n) is 8.48. The van der Waals surface area contributed by atoms with Gasteiger partial charge in [0, 0.05) is 16.2 Å². The van der Waals surface area contributed by atoms with Crippen LogP contribution in [0.25, 0.3) is 21.9 Å². The van der Waals surface area contributed by atoms with Crippen LogP contribution in [0.5, 0.6) is 0 Å². The van der Waals surface area contributed by atoms with Gasteiger partial charge in [-0.05, 0) is 79.0 Å². The Hall–Kier alpha value is -1.78. The molecule has 3 nitrogen and oxygen atoms in total. The van der Waals surface area contributed by atoms with Crippen LogP contribution in [0.4, 0.5) is 0 Å². The number of hydrogen-bond donors (Lipinski definition) is 2. The molecule has 1 heterocycles. The summed E-state index contributed by atoms with van der Waals surface area (Å²) in [5, 5.41) is 21.4. The lowest BCUT2D eigenvalue weighted by molar-refractivity contribution is 0.166. The van der Waals surface area contributed by atoms with Crippen molar-refractivity contribution < 1.29 is 14.5 Å². The first-order chi connectivity index (χ1) is 12.2. The summed E-state index contributed by atoms with van der Waals surface area (Å²) in [4.78, 5) is 0. The van der Waals surface area contributed by atoms with Crippen LogP contribution in [0, 0.1) is 11.8 Å². The molecule has 2 N–H and O–H groups in total. The molecule has 0 saturated heterocycles. The maximum atomic E-state index is 9.66. The first-order valence-electron chi connectivity index (χ1n) is 9.52. The standard InChI is InChI=1S/C21H21BO3/c23-22(24)19-3-1-2-15-18-9-16-13-5-11-4-12(6-13)8-14(7-11)17(16)10-20(18)25-21(15)19/h1-3,9-14,23-24H,4-8H2/t11-,12?,13?,14?/m1/s1. The Bertz CT molecular complexity index is 991. The third kappa shape index (κ3) is 1.95. The number of benzene rings is 2. The largest absolute Gasteiger partial charge is 0.492 e. The Balaban J connectivity index is 1.64. The van der Waals surface area contributed by atoms with Crippen molar-refractivity contribution in [1.29, 1.82) is 0 Å². The van der Waals surface area contributed by atoms with Crippen LogP contribution < -0.4 is 5.46 Å². The fourth-order valence-electron chi connectivity index (χ4n) is 6.17. The number of fused-ring (bicyclic) bond motifs is 3. The van der Waals surface area contributed by atoms with E-state index in [1.807, 2.05) is 12.1 Å². The summed E-state index contributed by atoms with van der Waals surface area (Å²) in [6.07, 6.45) is 6.82. The van der Waals surface area contributed by atoms with Crippen LogP contribution >= 0.6 is 0 Å².